The minimum absolute atomic E-state index is 0.341. The Labute approximate surface area is 69.2 Å². The maximum absolute atomic E-state index is 11.3. The molecule has 0 amide bonds. The third kappa shape index (κ3) is 3.04. The third-order valence-electron chi connectivity index (χ3n) is 2.61. The van der Waals surface area contributed by atoms with Crippen molar-refractivity contribution >= 4 is 5.78 Å². The first-order valence-electron chi connectivity index (χ1n) is 4.83. The fourth-order valence-electron chi connectivity index (χ4n) is 1.69. The summed E-state index contributed by atoms with van der Waals surface area (Å²) in [7, 11) is 0. The number of carbonyl (C=O) groups is 1. The quantitative estimate of drug-likeness (QED) is 0.524. The lowest BCUT2D eigenvalue weighted by Crippen LogP contribution is -2.09. The lowest BCUT2D eigenvalue weighted by Gasteiger charge is -2.06. The maximum Gasteiger partial charge on any atom is 0.135 e. The van der Waals surface area contributed by atoms with E-state index in [1.807, 2.05) is 0 Å². The van der Waals surface area contributed by atoms with Crippen LogP contribution in [0.4, 0.5) is 0 Å². The second-order valence-corrected chi connectivity index (χ2v) is 3.67. The molecule has 1 aliphatic carbocycles. The summed E-state index contributed by atoms with van der Waals surface area (Å²) in [5, 5.41) is 0. The van der Waals surface area contributed by atoms with Gasteiger partial charge in [-0.3, -0.25) is 4.79 Å². The van der Waals surface area contributed by atoms with E-state index in [2.05, 4.69) is 6.92 Å². The molecule has 1 saturated carbocycles. The van der Waals surface area contributed by atoms with E-state index in [4.69, 9.17) is 0 Å². The second-order valence-electron chi connectivity index (χ2n) is 3.67. The van der Waals surface area contributed by atoms with E-state index in [9.17, 15) is 4.79 Å². The highest BCUT2D eigenvalue weighted by atomic mass is 16.1. The van der Waals surface area contributed by atoms with Gasteiger partial charge in [0.25, 0.3) is 0 Å². The van der Waals surface area contributed by atoms with Crippen molar-refractivity contribution in [2.24, 2.45) is 5.92 Å². The highest BCUT2D eigenvalue weighted by Crippen LogP contribution is 2.18. The average Bonchev–Trinajstić information content (AvgIpc) is 2.07. The van der Waals surface area contributed by atoms with Crippen molar-refractivity contribution in [3.63, 3.8) is 0 Å². The van der Waals surface area contributed by atoms with Gasteiger partial charge >= 0.3 is 0 Å². The first-order valence-corrected chi connectivity index (χ1v) is 4.83. The van der Waals surface area contributed by atoms with Gasteiger partial charge < -0.3 is 0 Å². The smallest absolute Gasteiger partial charge is 0.135 e. The molecule has 0 aromatic carbocycles. The molecule has 0 radical (unpaired) electrons. The van der Waals surface area contributed by atoms with Crippen LogP contribution in [0.1, 0.15) is 51.9 Å². The fourth-order valence-corrected chi connectivity index (χ4v) is 1.69. The molecule has 0 bridgehead atoms. The summed E-state index contributed by atoms with van der Waals surface area (Å²) in [5.41, 5.74) is 0. The van der Waals surface area contributed by atoms with Crippen molar-refractivity contribution in [1.29, 1.82) is 0 Å². The number of ketones is 1. The lowest BCUT2D eigenvalue weighted by molar-refractivity contribution is -0.122. The van der Waals surface area contributed by atoms with Gasteiger partial charge in [0, 0.05) is 12.3 Å². The summed E-state index contributed by atoms with van der Waals surface area (Å²) < 4.78 is 0. The van der Waals surface area contributed by atoms with Gasteiger partial charge in [-0.05, 0) is 12.8 Å². The van der Waals surface area contributed by atoms with Crippen molar-refractivity contribution in [3.8, 4) is 0 Å². The van der Waals surface area contributed by atoms with Crippen LogP contribution in [0.3, 0.4) is 0 Å². The van der Waals surface area contributed by atoms with Crippen LogP contribution in [-0.2, 0) is 4.79 Å². The van der Waals surface area contributed by atoms with E-state index in [-0.39, 0.29) is 0 Å². The summed E-state index contributed by atoms with van der Waals surface area (Å²) in [6, 6.07) is 0. The van der Waals surface area contributed by atoms with Crippen molar-refractivity contribution < 1.29 is 4.79 Å². The van der Waals surface area contributed by atoms with Crippen LogP contribution in [0.5, 0.6) is 0 Å². The molecule has 64 valence electrons. The predicted octanol–water partition coefficient (Wildman–Crippen LogP) is 2.94. The van der Waals surface area contributed by atoms with Crippen molar-refractivity contribution in [3.05, 3.63) is 0 Å². The van der Waals surface area contributed by atoms with Gasteiger partial charge in [0.05, 0.1) is 0 Å². The average molecular weight is 154 g/mol. The molecule has 1 nitrogen and oxygen atoms in total. The molecule has 0 heterocycles. The third-order valence-corrected chi connectivity index (χ3v) is 2.61. The number of carbonyl (C=O) groups excluding carboxylic acids is 1. The Balaban J connectivity index is 2.35. The zero-order valence-electron chi connectivity index (χ0n) is 7.44. The van der Waals surface area contributed by atoms with Gasteiger partial charge in [0.15, 0.2) is 0 Å². The van der Waals surface area contributed by atoms with Crippen molar-refractivity contribution in [1.82, 2.24) is 0 Å². The van der Waals surface area contributed by atoms with E-state index < -0.39 is 0 Å². The molecular formula is C10H18O. The summed E-state index contributed by atoms with van der Waals surface area (Å²) in [5.74, 6) is 0.833. The number of Topliss-reactive ketones (excluding diaryl/α,β-unsaturated/α-hetero) is 1. The van der Waals surface area contributed by atoms with Crippen LogP contribution in [0.15, 0.2) is 0 Å². The van der Waals surface area contributed by atoms with E-state index in [1.165, 1.54) is 25.7 Å². The minimum Gasteiger partial charge on any atom is -0.299 e. The van der Waals surface area contributed by atoms with Gasteiger partial charge in [-0.2, -0.15) is 0 Å². The highest BCUT2D eigenvalue weighted by Gasteiger charge is 2.13. The molecule has 0 aromatic heterocycles. The molecular weight excluding hydrogens is 136 g/mol. The number of rotatable bonds is 0. The standard InChI is InChI=1S/C10H18O/c1-9-7-5-3-2-4-6-8-10(9)11/h9H,2-8H2,1H3/t9-/m1/s1. The number of hydrogen-bond donors (Lipinski definition) is 0. The predicted molar refractivity (Wildman–Crippen MR) is 46.5 cm³/mol. The first kappa shape index (κ1) is 8.76. The molecule has 0 aromatic rings. The van der Waals surface area contributed by atoms with Gasteiger partial charge in [0.2, 0.25) is 0 Å². The molecule has 0 spiro atoms. The number of hydrogen-bond acceptors (Lipinski definition) is 1. The van der Waals surface area contributed by atoms with Crippen LogP contribution >= 0.6 is 0 Å². The molecule has 0 unspecified atom stereocenters. The Morgan fingerprint density at radius 3 is 2.55 bits per heavy atom. The van der Waals surface area contributed by atoms with Gasteiger partial charge in [-0.15, -0.1) is 0 Å². The largest absolute Gasteiger partial charge is 0.299 e. The molecule has 11 heavy (non-hydrogen) atoms. The van der Waals surface area contributed by atoms with E-state index in [0.717, 1.165) is 19.3 Å². The van der Waals surface area contributed by atoms with E-state index in [0.29, 0.717) is 11.7 Å². The summed E-state index contributed by atoms with van der Waals surface area (Å²) >= 11 is 0. The van der Waals surface area contributed by atoms with Crippen LogP contribution < -0.4 is 0 Å². The Morgan fingerprint density at radius 2 is 1.73 bits per heavy atom. The van der Waals surface area contributed by atoms with Crippen LogP contribution in [0.25, 0.3) is 0 Å². The Bertz CT molecular complexity index is 129. The van der Waals surface area contributed by atoms with Crippen LogP contribution in [-0.4, -0.2) is 5.78 Å². The minimum atomic E-state index is 0.341. The Kier molecular flexibility index (Phi) is 3.61. The lowest BCUT2D eigenvalue weighted by atomic mass is 9.98. The molecule has 0 aliphatic heterocycles. The molecule has 1 atom stereocenters. The van der Waals surface area contributed by atoms with Crippen LogP contribution in [0, 0.1) is 5.92 Å². The van der Waals surface area contributed by atoms with Crippen molar-refractivity contribution in [2.45, 2.75) is 51.9 Å². The molecule has 1 heteroatoms. The fraction of sp³-hybridized carbons (Fsp3) is 0.900. The zero-order chi connectivity index (χ0) is 8.10. The molecule has 1 fully saturated rings. The van der Waals surface area contributed by atoms with Gasteiger partial charge in [-0.1, -0.05) is 32.6 Å². The normalized spacial score (nSPS) is 28.8. The molecule has 1 rings (SSSR count). The SMILES string of the molecule is C[C@@H]1CCCCCCCC1=O. The summed E-state index contributed by atoms with van der Waals surface area (Å²) in [4.78, 5) is 11.3. The van der Waals surface area contributed by atoms with E-state index >= 15 is 0 Å². The first-order chi connectivity index (χ1) is 5.30. The monoisotopic (exact) mass is 154 g/mol. The van der Waals surface area contributed by atoms with Crippen molar-refractivity contribution in [2.75, 3.05) is 0 Å². The van der Waals surface area contributed by atoms with E-state index in [1.54, 1.807) is 0 Å². The molecule has 0 N–H and O–H groups in total. The Hall–Kier alpha value is -0.330. The molecule has 0 saturated heterocycles. The van der Waals surface area contributed by atoms with Gasteiger partial charge in [0.1, 0.15) is 5.78 Å². The summed E-state index contributed by atoms with van der Waals surface area (Å²) in [6.07, 6.45) is 8.27. The van der Waals surface area contributed by atoms with Crippen LogP contribution in [0.2, 0.25) is 0 Å². The highest BCUT2D eigenvalue weighted by molar-refractivity contribution is 5.80. The zero-order valence-corrected chi connectivity index (χ0v) is 7.44. The second kappa shape index (κ2) is 4.53. The maximum atomic E-state index is 11.3. The summed E-state index contributed by atoms with van der Waals surface area (Å²) in [6.45, 7) is 2.08. The Morgan fingerprint density at radius 1 is 1.09 bits per heavy atom. The van der Waals surface area contributed by atoms with Gasteiger partial charge in [-0.25, -0.2) is 0 Å². The topological polar surface area (TPSA) is 17.1 Å². The molecule has 1 aliphatic rings.